The zero-order chi connectivity index (χ0) is 50.7. The van der Waals surface area contributed by atoms with Gasteiger partial charge >= 0.3 is 5.97 Å². The van der Waals surface area contributed by atoms with Crippen LogP contribution < -0.4 is 5.32 Å². The number of aliphatic hydroxyl groups excluding tert-OH is 2. The standard InChI is InChI=1S/C64H125NO5/c1-3-5-7-9-11-13-15-17-19-25-29-32-36-40-44-48-52-56-62(67)61(60-66)65-63(68)57-53-49-45-41-37-33-30-26-23-21-20-22-24-27-31-35-39-43-47-51-55-59-70-64(69)58-54-50-46-42-38-34-28-18-16-14-12-10-8-6-4-2/h18,28,61-62,66-67H,3-17,19-27,29-60H2,1-2H3,(H,65,68)/b28-18-. The second-order valence-corrected chi connectivity index (χ2v) is 22.1. The molecule has 0 bridgehead atoms. The zero-order valence-corrected chi connectivity index (χ0v) is 47.5. The summed E-state index contributed by atoms with van der Waals surface area (Å²) >= 11 is 0. The minimum absolute atomic E-state index is 0.00498. The van der Waals surface area contributed by atoms with Gasteiger partial charge in [0.25, 0.3) is 0 Å². The highest BCUT2D eigenvalue weighted by Gasteiger charge is 2.20. The molecule has 0 aliphatic carbocycles. The second-order valence-electron chi connectivity index (χ2n) is 22.1. The Morgan fingerprint density at radius 1 is 0.386 bits per heavy atom. The fourth-order valence-electron chi connectivity index (χ4n) is 10.2. The molecule has 0 aliphatic rings. The number of ether oxygens (including phenoxy) is 1. The SMILES string of the molecule is CCCCCCCC/C=C\CCCCCCCC(=O)OCCCCCCCCCCCCCCCCCCCCCCCC(=O)NC(CO)C(O)CCCCCCCCCCCCCCCCCCC. The van der Waals surface area contributed by atoms with Gasteiger partial charge in [0.2, 0.25) is 5.91 Å². The summed E-state index contributed by atoms with van der Waals surface area (Å²) in [6.07, 6.45) is 72.2. The molecule has 0 aromatic carbocycles. The lowest BCUT2D eigenvalue weighted by Crippen LogP contribution is -2.45. The fourth-order valence-corrected chi connectivity index (χ4v) is 10.2. The number of carbonyl (C=O) groups is 2. The maximum absolute atomic E-state index is 12.5. The highest BCUT2D eigenvalue weighted by molar-refractivity contribution is 5.76. The van der Waals surface area contributed by atoms with Crippen molar-refractivity contribution in [2.24, 2.45) is 0 Å². The van der Waals surface area contributed by atoms with E-state index in [1.54, 1.807) is 0 Å². The van der Waals surface area contributed by atoms with Crippen LogP contribution in [0.4, 0.5) is 0 Å². The number of unbranched alkanes of at least 4 members (excludes halogenated alkanes) is 47. The van der Waals surface area contributed by atoms with Crippen molar-refractivity contribution in [3.8, 4) is 0 Å². The highest BCUT2D eigenvalue weighted by atomic mass is 16.5. The third-order valence-corrected chi connectivity index (χ3v) is 15.1. The first-order valence-electron chi connectivity index (χ1n) is 31.9. The van der Waals surface area contributed by atoms with Gasteiger partial charge in [-0.1, -0.05) is 309 Å². The van der Waals surface area contributed by atoms with Gasteiger partial charge in [-0.05, 0) is 51.4 Å². The molecule has 0 aromatic heterocycles. The maximum atomic E-state index is 12.5. The van der Waals surface area contributed by atoms with Crippen molar-refractivity contribution in [1.82, 2.24) is 5.32 Å². The van der Waals surface area contributed by atoms with E-state index in [0.29, 0.717) is 25.9 Å². The van der Waals surface area contributed by atoms with Crippen molar-refractivity contribution >= 4 is 11.9 Å². The predicted molar refractivity (Wildman–Crippen MR) is 306 cm³/mol. The van der Waals surface area contributed by atoms with Gasteiger partial charge in [-0.3, -0.25) is 9.59 Å². The Morgan fingerprint density at radius 2 is 0.671 bits per heavy atom. The molecule has 2 atom stereocenters. The summed E-state index contributed by atoms with van der Waals surface area (Å²) in [5.41, 5.74) is 0. The minimum Gasteiger partial charge on any atom is -0.466 e. The smallest absolute Gasteiger partial charge is 0.305 e. The summed E-state index contributed by atoms with van der Waals surface area (Å²) in [7, 11) is 0. The van der Waals surface area contributed by atoms with Gasteiger partial charge in [0.15, 0.2) is 0 Å². The van der Waals surface area contributed by atoms with Crippen LogP contribution in [0, 0.1) is 0 Å². The van der Waals surface area contributed by atoms with Crippen LogP contribution in [0.1, 0.15) is 361 Å². The van der Waals surface area contributed by atoms with Crippen molar-refractivity contribution in [1.29, 1.82) is 0 Å². The predicted octanol–water partition coefficient (Wildman–Crippen LogP) is 20.0. The molecule has 0 radical (unpaired) electrons. The van der Waals surface area contributed by atoms with Crippen molar-refractivity contribution in [3.05, 3.63) is 12.2 Å². The molecule has 70 heavy (non-hydrogen) atoms. The normalized spacial score (nSPS) is 12.6. The third kappa shape index (κ3) is 55.9. The van der Waals surface area contributed by atoms with E-state index in [-0.39, 0.29) is 18.5 Å². The Morgan fingerprint density at radius 3 is 1.01 bits per heavy atom. The van der Waals surface area contributed by atoms with Crippen LogP contribution in [0.25, 0.3) is 0 Å². The topological polar surface area (TPSA) is 95.9 Å². The number of hydrogen-bond donors (Lipinski definition) is 3. The lowest BCUT2D eigenvalue weighted by molar-refractivity contribution is -0.143. The largest absolute Gasteiger partial charge is 0.466 e. The molecule has 0 aromatic rings. The molecule has 0 heterocycles. The Hall–Kier alpha value is -1.40. The fraction of sp³-hybridized carbons (Fsp3) is 0.938. The monoisotopic (exact) mass is 988 g/mol. The molecule has 6 nitrogen and oxygen atoms in total. The van der Waals surface area contributed by atoms with E-state index < -0.39 is 12.1 Å². The maximum Gasteiger partial charge on any atom is 0.305 e. The molecule has 0 rings (SSSR count). The highest BCUT2D eigenvalue weighted by Crippen LogP contribution is 2.18. The van der Waals surface area contributed by atoms with Crippen molar-refractivity contribution in [3.63, 3.8) is 0 Å². The molecule has 3 N–H and O–H groups in total. The average Bonchev–Trinajstić information content (AvgIpc) is 3.36. The van der Waals surface area contributed by atoms with Gasteiger partial charge < -0.3 is 20.3 Å². The first kappa shape index (κ1) is 68.6. The van der Waals surface area contributed by atoms with Crippen LogP contribution in [0.5, 0.6) is 0 Å². The Balaban J connectivity index is 3.38. The summed E-state index contributed by atoms with van der Waals surface area (Å²) in [5, 5.41) is 23.3. The second kappa shape index (κ2) is 60.2. The van der Waals surface area contributed by atoms with Crippen LogP contribution in [-0.2, 0) is 14.3 Å². The number of carbonyl (C=O) groups excluding carboxylic acids is 2. The quantitative estimate of drug-likeness (QED) is 0.0321. The van der Waals surface area contributed by atoms with Crippen molar-refractivity contribution < 1.29 is 24.5 Å². The first-order chi connectivity index (χ1) is 34.5. The number of esters is 1. The Kier molecular flexibility index (Phi) is 59.0. The lowest BCUT2D eigenvalue weighted by Gasteiger charge is -2.22. The molecule has 416 valence electrons. The van der Waals surface area contributed by atoms with E-state index in [9.17, 15) is 19.8 Å². The molecule has 2 unspecified atom stereocenters. The summed E-state index contributed by atoms with van der Waals surface area (Å²) in [5.74, 6) is -0.0278. The summed E-state index contributed by atoms with van der Waals surface area (Å²) in [6.45, 7) is 4.97. The summed E-state index contributed by atoms with van der Waals surface area (Å²) in [4.78, 5) is 24.6. The van der Waals surface area contributed by atoms with E-state index in [1.807, 2.05) is 0 Å². The lowest BCUT2D eigenvalue weighted by atomic mass is 10.0. The van der Waals surface area contributed by atoms with Gasteiger partial charge in [0.1, 0.15) is 0 Å². The Labute approximate surface area is 438 Å². The number of nitrogens with one attached hydrogen (secondary N) is 1. The van der Waals surface area contributed by atoms with E-state index >= 15 is 0 Å². The van der Waals surface area contributed by atoms with Crippen LogP contribution in [-0.4, -0.2) is 47.4 Å². The van der Waals surface area contributed by atoms with Crippen LogP contribution in [0.15, 0.2) is 12.2 Å². The Bertz CT molecular complexity index is 1050. The number of aliphatic hydroxyl groups is 2. The number of hydrogen-bond acceptors (Lipinski definition) is 5. The molecule has 0 saturated heterocycles. The minimum atomic E-state index is -0.665. The van der Waals surface area contributed by atoms with E-state index in [4.69, 9.17) is 4.74 Å². The van der Waals surface area contributed by atoms with Gasteiger partial charge in [0.05, 0.1) is 25.4 Å². The van der Waals surface area contributed by atoms with E-state index in [0.717, 1.165) is 44.9 Å². The number of amides is 1. The number of rotatable bonds is 60. The number of allylic oxidation sites excluding steroid dienone is 2. The average molecular weight is 989 g/mol. The molecular formula is C64H125NO5. The third-order valence-electron chi connectivity index (χ3n) is 15.1. The van der Waals surface area contributed by atoms with Crippen molar-refractivity contribution in [2.75, 3.05) is 13.2 Å². The molecule has 0 spiro atoms. The molecule has 0 fully saturated rings. The zero-order valence-electron chi connectivity index (χ0n) is 47.5. The van der Waals surface area contributed by atoms with Crippen molar-refractivity contribution in [2.45, 2.75) is 373 Å². The summed E-state index contributed by atoms with van der Waals surface area (Å²) < 4.78 is 5.48. The molecule has 0 aliphatic heterocycles. The van der Waals surface area contributed by atoms with Crippen LogP contribution >= 0.6 is 0 Å². The van der Waals surface area contributed by atoms with Gasteiger partial charge in [-0.2, -0.15) is 0 Å². The molecular weight excluding hydrogens is 863 g/mol. The van der Waals surface area contributed by atoms with E-state index in [2.05, 4.69) is 31.3 Å². The van der Waals surface area contributed by atoms with Crippen LogP contribution in [0.2, 0.25) is 0 Å². The van der Waals surface area contributed by atoms with Gasteiger partial charge in [-0.15, -0.1) is 0 Å². The van der Waals surface area contributed by atoms with Gasteiger partial charge in [0, 0.05) is 12.8 Å². The molecule has 6 heteroatoms. The molecule has 1 amide bonds. The summed E-state index contributed by atoms with van der Waals surface area (Å²) in [6, 6.07) is -0.542. The first-order valence-corrected chi connectivity index (χ1v) is 31.9. The van der Waals surface area contributed by atoms with Crippen LogP contribution in [0.3, 0.4) is 0 Å². The molecule has 0 saturated carbocycles. The van der Waals surface area contributed by atoms with Gasteiger partial charge in [-0.25, -0.2) is 0 Å². The van der Waals surface area contributed by atoms with E-state index in [1.165, 1.54) is 283 Å².